The normalized spacial score (nSPS) is 14.4. The van der Waals surface area contributed by atoms with Crippen LogP contribution in [-0.4, -0.2) is 56.3 Å². The lowest BCUT2D eigenvalue weighted by Crippen LogP contribution is -2.50. The van der Waals surface area contributed by atoms with Crippen LogP contribution >= 0.6 is 0 Å². The van der Waals surface area contributed by atoms with Gasteiger partial charge in [0.05, 0.1) is 49.2 Å². The van der Waals surface area contributed by atoms with E-state index in [1.165, 1.54) is 6.07 Å². The van der Waals surface area contributed by atoms with Gasteiger partial charge in [0.25, 0.3) is 0 Å². The van der Waals surface area contributed by atoms with Crippen molar-refractivity contribution in [1.82, 2.24) is 24.7 Å². The second-order valence-corrected chi connectivity index (χ2v) is 9.59. The number of aliphatic hydroxyl groups is 1. The van der Waals surface area contributed by atoms with Crippen molar-refractivity contribution in [3.63, 3.8) is 0 Å². The predicted octanol–water partition coefficient (Wildman–Crippen LogP) is 4.05. The molecule has 9 heteroatoms. The molecule has 1 fully saturated rings. The van der Waals surface area contributed by atoms with E-state index in [1.807, 2.05) is 42.5 Å². The molecule has 3 aromatic heterocycles. The maximum absolute atomic E-state index is 14.4. The van der Waals surface area contributed by atoms with Gasteiger partial charge >= 0.3 is 0 Å². The summed E-state index contributed by atoms with van der Waals surface area (Å²) >= 11 is 0. The van der Waals surface area contributed by atoms with Crippen LogP contribution in [0.2, 0.25) is 0 Å². The predicted molar refractivity (Wildman–Crippen MR) is 139 cm³/mol. The van der Waals surface area contributed by atoms with Gasteiger partial charge in [0.15, 0.2) is 11.6 Å². The van der Waals surface area contributed by atoms with Gasteiger partial charge in [0.2, 0.25) is 0 Å². The highest BCUT2D eigenvalue weighted by Crippen LogP contribution is 2.31. The molecule has 38 heavy (non-hydrogen) atoms. The highest BCUT2D eigenvalue weighted by atomic mass is 19.1. The molecule has 0 atom stereocenters. The first-order valence-corrected chi connectivity index (χ1v) is 12.4. The Morgan fingerprint density at radius 2 is 1.82 bits per heavy atom. The number of halogens is 1. The maximum atomic E-state index is 14.4. The van der Waals surface area contributed by atoms with Gasteiger partial charge in [-0.1, -0.05) is 36.4 Å². The second kappa shape index (κ2) is 10.3. The molecule has 0 radical (unpaired) electrons. The summed E-state index contributed by atoms with van der Waals surface area (Å²) in [6, 6.07) is 18.3. The van der Waals surface area contributed by atoms with Gasteiger partial charge < -0.3 is 14.6 Å². The van der Waals surface area contributed by atoms with E-state index in [-0.39, 0.29) is 19.0 Å². The smallest absolute Gasteiger partial charge is 0.181 e. The van der Waals surface area contributed by atoms with Crippen molar-refractivity contribution in [2.24, 2.45) is 5.41 Å². The molecule has 0 amide bonds. The highest BCUT2D eigenvalue weighted by molar-refractivity contribution is 5.91. The van der Waals surface area contributed by atoms with Crippen LogP contribution in [-0.2, 0) is 17.7 Å². The molecule has 1 saturated heterocycles. The molecule has 1 N–H and O–H groups in total. The largest absolute Gasteiger partial charge is 0.489 e. The first-order chi connectivity index (χ1) is 18.6. The zero-order chi connectivity index (χ0) is 26.0. The van der Waals surface area contributed by atoms with Crippen LogP contribution in [0, 0.1) is 11.2 Å². The average Bonchev–Trinajstić information content (AvgIpc) is 3.29. The number of rotatable bonds is 9. The molecule has 1 aliphatic rings. The van der Waals surface area contributed by atoms with E-state index in [0.717, 1.165) is 16.5 Å². The number of aliphatic hydroxyl groups excluding tert-OH is 1. The molecule has 2 aromatic carbocycles. The Morgan fingerprint density at radius 1 is 1.03 bits per heavy atom. The van der Waals surface area contributed by atoms with Crippen LogP contribution in [0.5, 0.6) is 5.75 Å². The van der Waals surface area contributed by atoms with Gasteiger partial charge in [-0.25, -0.2) is 14.4 Å². The number of hydrogen-bond donors (Lipinski definition) is 1. The Morgan fingerprint density at radius 3 is 2.58 bits per heavy atom. The van der Waals surface area contributed by atoms with Crippen molar-refractivity contribution in [2.75, 3.05) is 26.4 Å². The first kappa shape index (κ1) is 24.1. The fraction of sp³-hybridized carbons (Fsp3) is 0.241. The fourth-order valence-corrected chi connectivity index (χ4v) is 4.50. The first-order valence-electron chi connectivity index (χ1n) is 12.4. The van der Waals surface area contributed by atoms with Crippen LogP contribution < -0.4 is 4.74 Å². The summed E-state index contributed by atoms with van der Waals surface area (Å²) in [6.07, 6.45) is 5.64. The molecule has 0 bridgehead atoms. The molecular formula is C29H26FN5O3. The van der Waals surface area contributed by atoms with E-state index in [9.17, 15) is 9.50 Å². The standard InChI is InChI=1S/C29H26FN5O3/c30-23-7-3-1-5-21(23)15-35-25-8-4-2-6-22(25)27(34-35)28-32-14-26(38-19-29(16-36)17-37-18-29)24(33-28)13-20-9-11-31-12-10-20/h1-12,14,36H,13,15-19H2. The van der Waals surface area contributed by atoms with Crippen LogP contribution in [0.15, 0.2) is 79.3 Å². The van der Waals surface area contributed by atoms with E-state index in [2.05, 4.69) is 9.97 Å². The van der Waals surface area contributed by atoms with E-state index in [1.54, 1.807) is 35.4 Å². The number of para-hydroxylation sites is 1. The Kier molecular flexibility index (Phi) is 6.53. The Labute approximate surface area is 218 Å². The molecular weight excluding hydrogens is 485 g/mol. The summed E-state index contributed by atoms with van der Waals surface area (Å²) in [5, 5.41) is 15.5. The second-order valence-electron chi connectivity index (χ2n) is 9.59. The minimum Gasteiger partial charge on any atom is -0.489 e. The summed E-state index contributed by atoms with van der Waals surface area (Å²) in [7, 11) is 0. The Hall–Kier alpha value is -4.21. The van der Waals surface area contributed by atoms with Crippen molar-refractivity contribution in [1.29, 1.82) is 0 Å². The molecule has 4 heterocycles. The van der Waals surface area contributed by atoms with E-state index in [0.29, 0.717) is 54.8 Å². The van der Waals surface area contributed by atoms with Gasteiger partial charge in [-0.2, -0.15) is 5.10 Å². The third kappa shape index (κ3) is 4.73. The number of fused-ring (bicyclic) bond motifs is 1. The topological polar surface area (TPSA) is 95.2 Å². The van der Waals surface area contributed by atoms with Gasteiger partial charge in [-0.05, 0) is 29.8 Å². The quantitative estimate of drug-likeness (QED) is 0.319. The summed E-state index contributed by atoms with van der Waals surface area (Å²) < 4.78 is 27.6. The number of pyridine rings is 1. The lowest BCUT2D eigenvalue weighted by molar-refractivity contribution is -0.153. The molecule has 8 nitrogen and oxygen atoms in total. The summed E-state index contributed by atoms with van der Waals surface area (Å²) in [4.78, 5) is 13.6. The number of benzene rings is 2. The zero-order valence-corrected chi connectivity index (χ0v) is 20.6. The monoisotopic (exact) mass is 511 g/mol. The lowest BCUT2D eigenvalue weighted by Gasteiger charge is -2.39. The van der Waals surface area contributed by atoms with Crippen molar-refractivity contribution in [3.8, 4) is 17.3 Å². The van der Waals surface area contributed by atoms with Crippen molar-refractivity contribution in [3.05, 3.63) is 102 Å². The molecule has 0 aliphatic carbocycles. The molecule has 0 saturated carbocycles. The Balaban J connectivity index is 1.38. The van der Waals surface area contributed by atoms with E-state index >= 15 is 0 Å². The van der Waals surface area contributed by atoms with Crippen LogP contribution in [0.1, 0.15) is 16.8 Å². The fourth-order valence-electron chi connectivity index (χ4n) is 4.50. The molecule has 0 unspecified atom stereocenters. The van der Waals surface area contributed by atoms with E-state index < -0.39 is 5.41 Å². The molecule has 6 rings (SSSR count). The van der Waals surface area contributed by atoms with Gasteiger partial charge in [-0.3, -0.25) is 9.67 Å². The van der Waals surface area contributed by atoms with Gasteiger partial charge in [-0.15, -0.1) is 0 Å². The van der Waals surface area contributed by atoms with Crippen molar-refractivity contribution in [2.45, 2.75) is 13.0 Å². The Bertz CT molecular complexity index is 1560. The number of hydrogen-bond acceptors (Lipinski definition) is 7. The van der Waals surface area contributed by atoms with Crippen LogP contribution in [0.3, 0.4) is 0 Å². The zero-order valence-electron chi connectivity index (χ0n) is 20.6. The lowest BCUT2D eigenvalue weighted by atomic mass is 9.88. The SMILES string of the molecule is OCC1(COc2cnc(-c3nn(Cc4ccccc4F)c4ccccc34)nc2Cc2ccncc2)COC1. The van der Waals surface area contributed by atoms with Crippen molar-refractivity contribution >= 4 is 10.9 Å². The summed E-state index contributed by atoms with van der Waals surface area (Å²) in [5.41, 5.74) is 3.33. The third-order valence-electron chi connectivity index (χ3n) is 6.78. The highest BCUT2D eigenvalue weighted by Gasteiger charge is 2.39. The number of aromatic nitrogens is 5. The summed E-state index contributed by atoms with van der Waals surface area (Å²) in [6.45, 7) is 1.47. The molecule has 192 valence electrons. The number of ether oxygens (including phenoxy) is 2. The van der Waals surface area contributed by atoms with Gasteiger partial charge in [0, 0.05) is 29.8 Å². The van der Waals surface area contributed by atoms with Crippen molar-refractivity contribution < 1.29 is 19.0 Å². The number of nitrogens with zero attached hydrogens (tertiary/aromatic N) is 5. The van der Waals surface area contributed by atoms with Gasteiger partial charge in [0.1, 0.15) is 18.1 Å². The average molecular weight is 512 g/mol. The third-order valence-corrected chi connectivity index (χ3v) is 6.78. The van der Waals surface area contributed by atoms with E-state index in [4.69, 9.17) is 19.6 Å². The maximum Gasteiger partial charge on any atom is 0.181 e. The molecule has 5 aromatic rings. The minimum atomic E-state index is -0.408. The molecule has 0 spiro atoms. The minimum absolute atomic E-state index is 0.0168. The molecule has 1 aliphatic heterocycles. The summed E-state index contributed by atoms with van der Waals surface area (Å²) in [5.74, 6) is 0.720. The van der Waals surface area contributed by atoms with Crippen LogP contribution in [0.4, 0.5) is 4.39 Å². The van der Waals surface area contributed by atoms with Crippen LogP contribution in [0.25, 0.3) is 22.4 Å².